The maximum Gasteiger partial charge on any atom is 0.0784 e. The highest BCUT2D eigenvalue weighted by atomic mass is 35.5. The molecule has 0 aromatic heterocycles. The number of halogens is 4. The Bertz CT molecular complexity index is 596. The summed E-state index contributed by atoms with van der Waals surface area (Å²) in [6.07, 6.45) is 0. The first-order chi connectivity index (χ1) is 8.54. The van der Waals surface area contributed by atoms with E-state index >= 15 is 0 Å². The average Bonchev–Trinajstić information content (AvgIpc) is 2.37. The minimum absolute atomic E-state index is 0.347. The fourth-order valence-corrected chi connectivity index (χ4v) is 2.49. The van der Waals surface area contributed by atoms with Crippen molar-refractivity contribution in [1.82, 2.24) is 0 Å². The zero-order valence-corrected chi connectivity index (χ0v) is 12.2. The highest BCUT2D eigenvalue weighted by Crippen LogP contribution is 2.38. The quantitative estimate of drug-likeness (QED) is 0.734. The van der Waals surface area contributed by atoms with Gasteiger partial charge in [0.25, 0.3) is 0 Å². The highest BCUT2D eigenvalue weighted by molar-refractivity contribution is 6.49. The molecule has 0 amide bonds. The molecule has 0 fully saturated rings. The van der Waals surface area contributed by atoms with E-state index in [0.717, 1.165) is 16.7 Å². The third-order valence-corrected chi connectivity index (χ3v) is 4.27. The smallest absolute Gasteiger partial charge is 0.0784 e. The molecule has 0 atom stereocenters. The van der Waals surface area contributed by atoms with Crippen LogP contribution in [0.4, 0.5) is 0 Å². The van der Waals surface area contributed by atoms with E-state index in [1.165, 1.54) is 0 Å². The monoisotopic (exact) mass is 319 g/mol. The molecule has 94 valence electrons. The van der Waals surface area contributed by atoms with Crippen LogP contribution in [-0.2, 0) is 6.54 Å². The van der Waals surface area contributed by atoms with Crippen LogP contribution >= 0.6 is 46.4 Å². The Hall–Kier alpha value is -0.440. The van der Waals surface area contributed by atoms with Crippen LogP contribution in [0.3, 0.4) is 0 Å². The molecule has 1 nitrogen and oxygen atoms in total. The summed E-state index contributed by atoms with van der Waals surface area (Å²) in [5, 5.41) is 1.84. The summed E-state index contributed by atoms with van der Waals surface area (Å²) in [5.41, 5.74) is 8.19. The summed E-state index contributed by atoms with van der Waals surface area (Å²) in [6, 6.07) is 9.08. The van der Waals surface area contributed by atoms with Crippen LogP contribution in [0.25, 0.3) is 11.1 Å². The zero-order valence-electron chi connectivity index (χ0n) is 9.18. The summed E-state index contributed by atoms with van der Waals surface area (Å²) in [7, 11) is 0. The number of nitrogens with two attached hydrogens (primary N) is 1. The molecule has 0 heterocycles. The molecule has 2 N–H and O–H groups in total. The Morgan fingerprint density at radius 1 is 0.833 bits per heavy atom. The van der Waals surface area contributed by atoms with Crippen molar-refractivity contribution in [1.29, 1.82) is 0 Å². The van der Waals surface area contributed by atoms with Crippen LogP contribution in [0.15, 0.2) is 30.3 Å². The molecule has 18 heavy (non-hydrogen) atoms. The van der Waals surface area contributed by atoms with Crippen LogP contribution in [-0.4, -0.2) is 0 Å². The Balaban J connectivity index is 2.59. The van der Waals surface area contributed by atoms with E-state index in [-0.39, 0.29) is 0 Å². The number of benzene rings is 2. The molecular weight excluding hydrogens is 312 g/mol. The topological polar surface area (TPSA) is 26.0 Å². The van der Waals surface area contributed by atoms with Crippen molar-refractivity contribution in [2.75, 3.05) is 0 Å². The normalized spacial score (nSPS) is 10.7. The van der Waals surface area contributed by atoms with E-state index < -0.39 is 0 Å². The number of hydrogen-bond acceptors (Lipinski definition) is 1. The highest BCUT2D eigenvalue weighted by Gasteiger charge is 2.11. The van der Waals surface area contributed by atoms with E-state index in [1.54, 1.807) is 12.1 Å². The molecule has 2 rings (SSSR count). The van der Waals surface area contributed by atoms with E-state index in [9.17, 15) is 0 Å². The lowest BCUT2D eigenvalue weighted by atomic mass is 10.0. The molecule has 0 spiro atoms. The Morgan fingerprint density at radius 2 is 1.50 bits per heavy atom. The number of rotatable bonds is 2. The first-order valence-electron chi connectivity index (χ1n) is 5.17. The van der Waals surface area contributed by atoms with Gasteiger partial charge in [-0.05, 0) is 29.3 Å². The van der Waals surface area contributed by atoms with Crippen molar-refractivity contribution in [2.24, 2.45) is 5.73 Å². The van der Waals surface area contributed by atoms with Crippen LogP contribution in [0, 0.1) is 0 Å². The van der Waals surface area contributed by atoms with Gasteiger partial charge in [-0.25, -0.2) is 0 Å². The van der Waals surface area contributed by atoms with Gasteiger partial charge in [0, 0.05) is 17.1 Å². The summed E-state index contributed by atoms with van der Waals surface area (Å²) >= 11 is 24.1. The molecule has 0 bridgehead atoms. The van der Waals surface area contributed by atoms with E-state index in [1.807, 2.05) is 18.2 Å². The molecule has 0 aliphatic heterocycles. The second-order valence-electron chi connectivity index (χ2n) is 3.73. The van der Waals surface area contributed by atoms with Crippen LogP contribution in [0.5, 0.6) is 0 Å². The van der Waals surface area contributed by atoms with E-state index in [2.05, 4.69) is 0 Å². The minimum atomic E-state index is 0.347. The standard InChI is InChI=1S/C13H9Cl4N/c14-10-3-1-7(5-8(10)6-18)9-2-4-11(15)13(17)12(9)16/h1-5H,6,18H2. The summed E-state index contributed by atoms with van der Waals surface area (Å²) in [5.74, 6) is 0. The van der Waals surface area contributed by atoms with Crippen LogP contribution in [0.1, 0.15) is 5.56 Å². The lowest BCUT2D eigenvalue weighted by Crippen LogP contribution is -1.97. The van der Waals surface area contributed by atoms with Crippen LogP contribution < -0.4 is 5.73 Å². The van der Waals surface area contributed by atoms with E-state index in [4.69, 9.17) is 52.1 Å². The molecule has 0 radical (unpaired) electrons. The van der Waals surface area contributed by atoms with Crippen molar-refractivity contribution in [2.45, 2.75) is 6.54 Å². The summed E-state index contributed by atoms with van der Waals surface area (Å²) in [6.45, 7) is 0.367. The van der Waals surface area contributed by atoms with Gasteiger partial charge in [-0.1, -0.05) is 58.5 Å². The van der Waals surface area contributed by atoms with Gasteiger partial charge in [0.1, 0.15) is 0 Å². The molecule has 2 aromatic carbocycles. The largest absolute Gasteiger partial charge is 0.326 e. The lowest BCUT2D eigenvalue weighted by molar-refractivity contribution is 1.07. The van der Waals surface area contributed by atoms with Gasteiger partial charge in [0.05, 0.1) is 15.1 Å². The van der Waals surface area contributed by atoms with Crippen LogP contribution in [0.2, 0.25) is 20.1 Å². The number of hydrogen-bond donors (Lipinski definition) is 1. The van der Waals surface area contributed by atoms with Gasteiger partial charge in [-0.3, -0.25) is 0 Å². The first kappa shape index (κ1) is 14.0. The SMILES string of the molecule is NCc1cc(-c2ccc(Cl)c(Cl)c2Cl)ccc1Cl. The summed E-state index contributed by atoms with van der Waals surface area (Å²) < 4.78 is 0. The predicted octanol–water partition coefficient (Wildman–Crippen LogP) is 5.43. The fourth-order valence-electron chi connectivity index (χ4n) is 1.65. The maximum atomic E-state index is 6.19. The molecule has 5 heteroatoms. The second-order valence-corrected chi connectivity index (χ2v) is 5.30. The van der Waals surface area contributed by atoms with Gasteiger partial charge in [0.2, 0.25) is 0 Å². The van der Waals surface area contributed by atoms with Crippen molar-refractivity contribution < 1.29 is 0 Å². The Kier molecular flexibility index (Phi) is 4.41. The van der Waals surface area contributed by atoms with E-state index in [0.29, 0.717) is 26.6 Å². The zero-order chi connectivity index (χ0) is 13.3. The second kappa shape index (κ2) is 5.68. The third-order valence-electron chi connectivity index (χ3n) is 2.61. The minimum Gasteiger partial charge on any atom is -0.326 e. The summed E-state index contributed by atoms with van der Waals surface area (Å²) in [4.78, 5) is 0. The Labute approximate surface area is 125 Å². The van der Waals surface area contributed by atoms with Crippen molar-refractivity contribution in [3.63, 3.8) is 0 Å². The van der Waals surface area contributed by atoms with Crippen molar-refractivity contribution in [3.05, 3.63) is 56.0 Å². The van der Waals surface area contributed by atoms with Gasteiger partial charge in [-0.2, -0.15) is 0 Å². The molecule has 0 unspecified atom stereocenters. The first-order valence-corrected chi connectivity index (χ1v) is 6.68. The fraction of sp³-hybridized carbons (Fsp3) is 0.0769. The molecular formula is C13H9Cl4N. The molecule has 0 saturated heterocycles. The third kappa shape index (κ3) is 2.61. The van der Waals surface area contributed by atoms with Gasteiger partial charge < -0.3 is 5.73 Å². The maximum absolute atomic E-state index is 6.19. The molecule has 0 aliphatic rings. The molecule has 2 aromatic rings. The van der Waals surface area contributed by atoms with Crippen molar-refractivity contribution >= 4 is 46.4 Å². The average molecular weight is 321 g/mol. The lowest BCUT2D eigenvalue weighted by Gasteiger charge is -2.10. The Morgan fingerprint density at radius 3 is 2.17 bits per heavy atom. The molecule has 0 saturated carbocycles. The van der Waals surface area contributed by atoms with Crippen molar-refractivity contribution in [3.8, 4) is 11.1 Å². The predicted molar refractivity (Wildman–Crippen MR) is 79.8 cm³/mol. The molecule has 0 aliphatic carbocycles. The van der Waals surface area contributed by atoms with Gasteiger partial charge in [-0.15, -0.1) is 0 Å². The van der Waals surface area contributed by atoms with Gasteiger partial charge in [0.15, 0.2) is 0 Å². The van der Waals surface area contributed by atoms with Gasteiger partial charge >= 0.3 is 0 Å².